The molecule has 1 aliphatic carbocycles. The van der Waals surface area contributed by atoms with E-state index in [0.717, 1.165) is 41.0 Å². The SMILES string of the molecule is Cc1cc(C)c(NC(=O)N(Cc2ccc(-c3ccccc3)cc2)C2CCCCCC2)c(C)n1. The van der Waals surface area contributed by atoms with Crippen molar-refractivity contribution in [2.75, 3.05) is 5.32 Å². The summed E-state index contributed by atoms with van der Waals surface area (Å²) in [6.45, 7) is 6.61. The standard InChI is InChI=1S/C29H35N3O/c1-21-19-22(2)30-23(3)28(21)31-29(33)32(27-13-9-4-5-10-14-27)20-24-15-17-26(18-16-24)25-11-7-6-8-12-25/h6-8,11-12,15-19,27H,4-5,9-10,13-14,20H2,1-3H3,(H,31,33). The van der Waals surface area contributed by atoms with E-state index in [1.54, 1.807) is 0 Å². The Morgan fingerprint density at radius 2 is 1.55 bits per heavy atom. The van der Waals surface area contributed by atoms with E-state index in [0.29, 0.717) is 6.54 Å². The van der Waals surface area contributed by atoms with Crippen molar-refractivity contribution in [1.29, 1.82) is 0 Å². The third-order valence-electron chi connectivity index (χ3n) is 6.70. The molecule has 4 rings (SSSR count). The third-order valence-corrected chi connectivity index (χ3v) is 6.70. The molecule has 0 bridgehead atoms. The Morgan fingerprint density at radius 3 is 2.18 bits per heavy atom. The predicted octanol–water partition coefficient (Wildman–Crippen LogP) is 7.43. The lowest BCUT2D eigenvalue weighted by Crippen LogP contribution is -2.42. The molecule has 1 heterocycles. The summed E-state index contributed by atoms with van der Waals surface area (Å²) in [5, 5.41) is 3.21. The van der Waals surface area contributed by atoms with Gasteiger partial charge in [-0.2, -0.15) is 0 Å². The first-order valence-corrected chi connectivity index (χ1v) is 12.2. The summed E-state index contributed by atoms with van der Waals surface area (Å²) in [7, 11) is 0. The Balaban J connectivity index is 1.56. The molecular formula is C29H35N3O. The van der Waals surface area contributed by atoms with Crippen LogP contribution in [0.5, 0.6) is 0 Å². The summed E-state index contributed by atoms with van der Waals surface area (Å²) in [4.78, 5) is 20.2. The molecule has 1 saturated carbocycles. The molecule has 1 aromatic heterocycles. The number of amides is 2. The molecule has 0 unspecified atom stereocenters. The van der Waals surface area contributed by atoms with E-state index in [4.69, 9.17) is 0 Å². The molecule has 4 heteroatoms. The zero-order valence-corrected chi connectivity index (χ0v) is 20.1. The Kier molecular flexibility index (Phi) is 7.43. The fraction of sp³-hybridized carbons (Fsp3) is 0.379. The number of nitrogens with zero attached hydrogens (tertiary/aromatic N) is 2. The minimum atomic E-state index is -0.0223. The Hall–Kier alpha value is -3.14. The highest BCUT2D eigenvalue weighted by atomic mass is 16.2. The van der Waals surface area contributed by atoms with Crippen molar-refractivity contribution in [3.63, 3.8) is 0 Å². The largest absolute Gasteiger partial charge is 0.322 e. The summed E-state index contributed by atoms with van der Waals surface area (Å²) in [6.07, 6.45) is 7.03. The predicted molar refractivity (Wildman–Crippen MR) is 136 cm³/mol. The monoisotopic (exact) mass is 441 g/mol. The van der Waals surface area contributed by atoms with Gasteiger partial charge in [0.25, 0.3) is 0 Å². The van der Waals surface area contributed by atoms with Crippen LogP contribution in [0.2, 0.25) is 0 Å². The molecule has 4 nitrogen and oxygen atoms in total. The molecular weight excluding hydrogens is 406 g/mol. The second-order valence-corrected chi connectivity index (χ2v) is 9.31. The fourth-order valence-corrected chi connectivity index (χ4v) is 4.96. The Bertz CT molecular complexity index is 1040. The molecule has 1 fully saturated rings. The molecule has 33 heavy (non-hydrogen) atoms. The summed E-state index contributed by atoms with van der Waals surface area (Å²) in [5.74, 6) is 0. The number of hydrogen-bond acceptors (Lipinski definition) is 2. The van der Waals surface area contributed by atoms with Crippen molar-refractivity contribution in [2.45, 2.75) is 71.9 Å². The Labute approximate surface area is 198 Å². The van der Waals surface area contributed by atoms with Gasteiger partial charge in [-0.1, -0.05) is 80.3 Å². The van der Waals surface area contributed by atoms with Crippen LogP contribution in [0.25, 0.3) is 11.1 Å². The van der Waals surface area contributed by atoms with Gasteiger partial charge in [0.15, 0.2) is 0 Å². The first-order chi connectivity index (χ1) is 16.0. The number of aryl methyl sites for hydroxylation is 3. The van der Waals surface area contributed by atoms with Gasteiger partial charge in [0.1, 0.15) is 0 Å². The molecule has 0 radical (unpaired) electrons. The number of aromatic nitrogens is 1. The molecule has 1 N–H and O–H groups in total. The highest BCUT2D eigenvalue weighted by Crippen LogP contribution is 2.27. The van der Waals surface area contributed by atoms with Crippen LogP contribution in [-0.4, -0.2) is 22.0 Å². The van der Waals surface area contributed by atoms with Gasteiger partial charge in [-0.3, -0.25) is 4.98 Å². The van der Waals surface area contributed by atoms with Gasteiger partial charge in [0, 0.05) is 18.3 Å². The van der Waals surface area contributed by atoms with E-state index in [-0.39, 0.29) is 12.1 Å². The van der Waals surface area contributed by atoms with Crippen molar-refractivity contribution in [2.24, 2.45) is 0 Å². The number of benzene rings is 2. The number of hydrogen-bond donors (Lipinski definition) is 1. The lowest BCUT2D eigenvalue weighted by Gasteiger charge is -2.32. The van der Waals surface area contributed by atoms with E-state index in [1.807, 2.05) is 32.9 Å². The van der Waals surface area contributed by atoms with Gasteiger partial charge in [0.2, 0.25) is 0 Å². The lowest BCUT2D eigenvalue weighted by molar-refractivity contribution is 0.175. The average molecular weight is 442 g/mol. The molecule has 3 aromatic rings. The van der Waals surface area contributed by atoms with Crippen LogP contribution >= 0.6 is 0 Å². The average Bonchev–Trinajstić information content (AvgIpc) is 3.10. The van der Waals surface area contributed by atoms with Gasteiger partial charge < -0.3 is 10.2 Å². The van der Waals surface area contributed by atoms with Crippen LogP contribution in [0, 0.1) is 20.8 Å². The quantitative estimate of drug-likeness (QED) is 0.418. The number of pyridine rings is 1. The van der Waals surface area contributed by atoms with Crippen molar-refractivity contribution < 1.29 is 4.79 Å². The van der Waals surface area contributed by atoms with E-state index in [2.05, 4.69) is 63.7 Å². The number of rotatable bonds is 5. The summed E-state index contributed by atoms with van der Waals surface area (Å²) in [5.41, 5.74) is 7.30. The van der Waals surface area contributed by atoms with Crippen LogP contribution < -0.4 is 5.32 Å². The highest BCUT2D eigenvalue weighted by Gasteiger charge is 2.26. The van der Waals surface area contributed by atoms with Gasteiger partial charge in [-0.05, 0) is 61.9 Å². The zero-order valence-electron chi connectivity index (χ0n) is 20.1. The maximum absolute atomic E-state index is 13.6. The summed E-state index contributed by atoms with van der Waals surface area (Å²) < 4.78 is 0. The van der Waals surface area contributed by atoms with Gasteiger partial charge in [0.05, 0.1) is 11.4 Å². The van der Waals surface area contributed by atoms with E-state index < -0.39 is 0 Å². The smallest absolute Gasteiger partial charge is 0.317 e. The molecule has 0 aliphatic heterocycles. The molecule has 0 spiro atoms. The maximum Gasteiger partial charge on any atom is 0.322 e. The highest BCUT2D eigenvalue weighted by molar-refractivity contribution is 5.91. The third kappa shape index (κ3) is 5.81. The molecule has 2 aromatic carbocycles. The van der Waals surface area contributed by atoms with Crippen molar-refractivity contribution in [3.05, 3.63) is 83.2 Å². The first kappa shape index (κ1) is 23.0. The fourth-order valence-electron chi connectivity index (χ4n) is 4.96. The number of carbonyl (C=O) groups is 1. The number of nitrogens with one attached hydrogen (secondary N) is 1. The molecule has 0 saturated heterocycles. The topological polar surface area (TPSA) is 45.2 Å². The second kappa shape index (κ2) is 10.7. The maximum atomic E-state index is 13.6. The van der Waals surface area contributed by atoms with Crippen LogP contribution in [0.15, 0.2) is 60.7 Å². The normalized spacial score (nSPS) is 14.5. The lowest BCUT2D eigenvalue weighted by atomic mass is 10.0. The number of anilines is 1. The van der Waals surface area contributed by atoms with E-state index in [9.17, 15) is 4.79 Å². The number of urea groups is 1. The van der Waals surface area contributed by atoms with Crippen LogP contribution in [0.4, 0.5) is 10.5 Å². The summed E-state index contributed by atoms with van der Waals surface area (Å²) >= 11 is 0. The second-order valence-electron chi connectivity index (χ2n) is 9.31. The van der Waals surface area contributed by atoms with Crippen molar-refractivity contribution in [3.8, 4) is 11.1 Å². The minimum Gasteiger partial charge on any atom is -0.317 e. The number of carbonyl (C=O) groups excluding carboxylic acids is 1. The molecule has 172 valence electrons. The first-order valence-electron chi connectivity index (χ1n) is 12.2. The Morgan fingerprint density at radius 1 is 0.909 bits per heavy atom. The van der Waals surface area contributed by atoms with Crippen LogP contribution in [-0.2, 0) is 6.54 Å². The molecule has 0 atom stereocenters. The minimum absolute atomic E-state index is 0.0223. The zero-order chi connectivity index (χ0) is 23.2. The summed E-state index contributed by atoms with van der Waals surface area (Å²) in [6, 6.07) is 21.3. The van der Waals surface area contributed by atoms with Crippen LogP contribution in [0.3, 0.4) is 0 Å². The van der Waals surface area contributed by atoms with E-state index >= 15 is 0 Å². The van der Waals surface area contributed by atoms with E-state index in [1.165, 1.54) is 36.8 Å². The van der Waals surface area contributed by atoms with Crippen molar-refractivity contribution in [1.82, 2.24) is 9.88 Å². The molecule has 1 aliphatic rings. The molecule has 2 amide bonds. The van der Waals surface area contributed by atoms with Crippen molar-refractivity contribution >= 4 is 11.7 Å². The van der Waals surface area contributed by atoms with Gasteiger partial charge >= 0.3 is 6.03 Å². The van der Waals surface area contributed by atoms with Gasteiger partial charge in [-0.15, -0.1) is 0 Å². The van der Waals surface area contributed by atoms with Gasteiger partial charge in [-0.25, -0.2) is 4.79 Å². The van der Waals surface area contributed by atoms with Crippen LogP contribution in [0.1, 0.15) is 61.0 Å².